The number of nitrogens with one attached hydrogen (secondary N) is 1. The Morgan fingerprint density at radius 1 is 1.57 bits per heavy atom. The van der Waals surface area contributed by atoms with Crippen LogP contribution in [0.3, 0.4) is 0 Å². The summed E-state index contributed by atoms with van der Waals surface area (Å²) in [5, 5.41) is 0. The third kappa shape index (κ3) is 3.45. The van der Waals surface area contributed by atoms with Gasteiger partial charge in [-0.25, -0.2) is 5.48 Å². The van der Waals surface area contributed by atoms with Crippen molar-refractivity contribution >= 4 is 5.91 Å². The van der Waals surface area contributed by atoms with E-state index in [1.165, 1.54) is 0 Å². The van der Waals surface area contributed by atoms with Gasteiger partial charge in [-0.2, -0.15) is 0 Å². The molecule has 2 unspecified atom stereocenters. The quantitative estimate of drug-likeness (QED) is 0.359. The zero-order valence-corrected chi connectivity index (χ0v) is 8.23. The highest BCUT2D eigenvalue weighted by molar-refractivity contribution is 5.80. The summed E-state index contributed by atoms with van der Waals surface area (Å²) >= 11 is 0. The van der Waals surface area contributed by atoms with Gasteiger partial charge < -0.3 is 10.5 Å². The molecular weight excluding hydrogens is 184 g/mol. The Hall–Kier alpha value is -0.910. The third-order valence-corrected chi connectivity index (χ3v) is 2.02. The van der Waals surface area contributed by atoms with Crippen LogP contribution in [0.1, 0.15) is 6.42 Å². The standard InChI is InChI=1S/C9H16N2O3/c1-13-4-5-14-11-9(12)7-2-3-8(10)6-7/h2-3,7-8H,4-6,10H2,1H3,(H,11,12). The monoisotopic (exact) mass is 200 g/mol. The Labute approximate surface area is 83.2 Å². The van der Waals surface area contributed by atoms with Crippen LogP contribution in [0.2, 0.25) is 0 Å². The van der Waals surface area contributed by atoms with E-state index >= 15 is 0 Å². The van der Waals surface area contributed by atoms with E-state index in [9.17, 15) is 4.79 Å². The number of hydrogen-bond acceptors (Lipinski definition) is 4. The number of methoxy groups -OCH3 is 1. The van der Waals surface area contributed by atoms with Crippen molar-refractivity contribution in [2.45, 2.75) is 12.5 Å². The molecule has 0 heterocycles. The fourth-order valence-corrected chi connectivity index (χ4v) is 1.24. The minimum absolute atomic E-state index is 0.00951. The molecule has 0 fully saturated rings. The average molecular weight is 200 g/mol. The molecule has 1 aliphatic carbocycles. The molecule has 0 radical (unpaired) electrons. The number of amides is 1. The lowest BCUT2D eigenvalue weighted by atomic mass is 10.1. The fraction of sp³-hybridized carbons (Fsp3) is 0.667. The molecule has 2 atom stereocenters. The first-order valence-electron chi connectivity index (χ1n) is 4.58. The van der Waals surface area contributed by atoms with Gasteiger partial charge in [0.1, 0.15) is 0 Å². The predicted octanol–water partition coefficient (Wildman–Crippen LogP) is -0.416. The van der Waals surface area contributed by atoms with Crippen LogP contribution in [0.15, 0.2) is 12.2 Å². The normalized spacial score (nSPS) is 25.3. The second kappa shape index (κ2) is 5.74. The molecule has 0 aromatic rings. The van der Waals surface area contributed by atoms with E-state index in [0.29, 0.717) is 19.6 Å². The van der Waals surface area contributed by atoms with E-state index < -0.39 is 0 Å². The van der Waals surface area contributed by atoms with Crippen LogP contribution >= 0.6 is 0 Å². The van der Waals surface area contributed by atoms with Crippen LogP contribution in [0.25, 0.3) is 0 Å². The molecule has 0 saturated heterocycles. The Bertz CT molecular complexity index is 218. The van der Waals surface area contributed by atoms with Gasteiger partial charge in [-0.15, -0.1) is 0 Å². The lowest BCUT2D eigenvalue weighted by molar-refractivity contribution is -0.137. The van der Waals surface area contributed by atoms with Gasteiger partial charge in [0, 0.05) is 13.2 Å². The summed E-state index contributed by atoms with van der Waals surface area (Å²) in [5.74, 6) is -0.308. The van der Waals surface area contributed by atoms with E-state index in [2.05, 4.69) is 5.48 Å². The topological polar surface area (TPSA) is 73.6 Å². The minimum Gasteiger partial charge on any atom is -0.382 e. The lowest BCUT2D eigenvalue weighted by Gasteiger charge is -2.09. The van der Waals surface area contributed by atoms with Gasteiger partial charge in [-0.1, -0.05) is 12.2 Å². The molecule has 0 aromatic heterocycles. The number of rotatable bonds is 5. The van der Waals surface area contributed by atoms with Crippen LogP contribution in [0.4, 0.5) is 0 Å². The van der Waals surface area contributed by atoms with E-state index in [4.69, 9.17) is 15.3 Å². The van der Waals surface area contributed by atoms with E-state index in [-0.39, 0.29) is 17.9 Å². The molecule has 1 amide bonds. The Balaban J connectivity index is 2.13. The molecule has 0 saturated carbocycles. The summed E-state index contributed by atoms with van der Waals surface area (Å²) in [6.07, 6.45) is 4.29. The summed E-state index contributed by atoms with van der Waals surface area (Å²) in [6, 6.07) is -0.00951. The molecule has 80 valence electrons. The molecule has 1 aliphatic rings. The Morgan fingerprint density at radius 2 is 2.36 bits per heavy atom. The average Bonchev–Trinajstić information content (AvgIpc) is 2.59. The maximum atomic E-state index is 11.4. The molecule has 5 nitrogen and oxygen atoms in total. The lowest BCUT2D eigenvalue weighted by Crippen LogP contribution is -2.31. The van der Waals surface area contributed by atoms with Gasteiger partial charge in [-0.05, 0) is 6.42 Å². The van der Waals surface area contributed by atoms with Crippen molar-refractivity contribution in [1.82, 2.24) is 5.48 Å². The van der Waals surface area contributed by atoms with E-state index in [1.807, 2.05) is 6.08 Å². The molecule has 1 rings (SSSR count). The van der Waals surface area contributed by atoms with Crippen LogP contribution in [-0.4, -0.2) is 32.3 Å². The summed E-state index contributed by atoms with van der Waals surface area (Å²) < 4.78 is 4.76. The summed E-state index contributed by atoms with van der Waals surface area (Å²) in [6.45, 7) is 0.811. The number of carbonyl (C=O) groups is 1. The molecule has 0 bridgehead atoms. The molecule has 14 heavy (non-hydrogen) atoms. The fourth-order valence-electron chi connectivity index (χ4n) is 1.24. The zero-order valence-electron chi connectivity index (χ0n) is 8.23. The Morgan fingerprint density at radius 3 is 2.93 bits per heavy atom. The molecule has 3 N–H and O–H groups in total. The van der Waals surface area contributed by atoms with Crippen molar-refractivity contribution in [1.29, 1.82) is 0 Å². The first kappa shape index (κ1) is 11.2. The first-order chi connectivity index (χ1) is 6.74. The zero-order chi connectivity index (χ0) is 10.4. The highest BCUT2D eigenvalue weighted by atomic mass is 16.7. The highest BCUT2D eigenvalue weighted by Gasteiger charge is 2.22. The highest BCUT2D eigenvalue weighted by Crippen LogP contribution is 2.15. The van der Waals surface area contributed by atoms with Crippen LogP contribution in [0, 0.1) is 5.92 Å². The van der Waals surface area contributed by atoms with E-state index in [0.717, 1.165) is 0 Å². The van der Waals surface area contributed by atoms with Crippen LogP contribution in [0.5, 0.6) is 0 Å². The largest absolute Gasteiger partial charge is 0.382 e. The van der Waals surface area contributed by atoms with E-state index in [1.54, 1.807) is 13.2 Å². The van der Waals surface area contributed by atoms with Gasteiger partial charge in [0.25, 0.3) is 5.91 Å². The maximum Gasteiger partial charge on any atom is 0.250 e. The molecule has 0 aromatic carbocycles. The van der Waals surface area contributed by atoms with Crippen molar-refractivity contribution < 1.29 is 14.4 Å². The molecule has 5 heteroatoms. The number of hydroxylamine groups is 1. The number of hydrogen-bond donors (Lipinski definition) is 2. The molecule has 0 aliphatic heterocycles. The van der Waals surface area contributed by atoms with Crippen LogP contribution < -0.4 is 11.2 Å². The third-order valence-electron chi connectivity index (χ3n) is 2.02. The smallest absolute Gasteiger partial charge is 0.250 e. The van der Waals surface area contributed by atoms with Gasteiger partial charge in [-0.3, -0.25) is 9.63 Å². The predicted molar refractivity (Wildman–Crippen MR) is 51.2 cm³/mol. The van der Waals surface area contributed by atoms with Crippen LogP contribution in [-0.2, 0) is 14.4 Å². The summed E-state index contributed by atoms with van der Waals surface area (Å²) in [5.41, 5.74) is 7.97. The van der Waals surface area contributed by atoms with Gasteiger partial charge in [0.15, 0.2) is 0 Å². The number of nitrogens with two attached hydrogens (primary N) is 1. The second-order valence-corrected chi connectivity index (χ2v) is 3.20. The Kier molecular flexibility index (Phi) is 4.58. The van der Waals surface area contributed by atoms with Crippen molar-refractivity contribution in [3.63, 3.8) is 0 Å². The number of carbonyl (C=O) groups excluding carboxylic acids is 1. The van der Waals surface area contributed by atoms with Gasteiger partial charge in [0.05, 0.1) is 19.1 Å². The van der Waals surface area contributed by atoms with Gasteiger partial charge >= 0.3 is 0 Å². The minimum atomic E-state index is -0.160. The van der Waals surface area contributed by atoms with Crippen molar-refractivity contribution in [3.8, 4) is 0 Å². The van der Waals surface area contributed by atoms with Crippen molar-refractivity contribution in [2.24, 2.45) is 11.7 Å². The maximum absolute atomic E-state index is 11.4. The molecular formula is C9H16N2O3. The van der Waals surface area contributed by atoms with Gasteiger partial charge in [0.2, 0.25) is 0 Å². The second-order valence-electron chi connectivity index (χ2n) is 3.20. The first-order valence-corrected chi connectivity index (χ1v) is 4.58. The summed E-state index contributed by atoms with van der Waals surface area (Å²) in [7, 11) is 1.57. The number of ether oxygens (including phenoxy) is 1. The molecule has 0 spiro atoms. The summed E-state index contributed by atoms with van der Waals surface area (Å²) in [4.78, 5) is 16.3. The van der Waals surface area contributed by atoms with Crippen molar-refractivity contribution in [2.75, 3.05) is 20.3 Å². The SMILES string of the molecule is COCCONC(=O)C1C=CC(N)C1. The van der Waals surface area contributed by atoms with Crippen molar-refractivity contribution in [3.05, 3.63) is 12.2 Å².